The number of Topliss-reactive ketones (excluding diaryl/α,β-unsaturated/α-hetero) is 1. The molecule has 7 nitrogen and oxygen atoms in total. The number of likely N-dealkylation sites (tertiary alicyclic amines) is 1. The van der Waals surface area contributed by atoms with E-state index in [0.717, 1.165) is 16.0 Å². The smallest absolute Gasteiger partial charge is 0.295 e. The molecular weight excluding hydrogens is 392 g/mol. The quantitative estimate of drug-likeness (QED) is 0.368. The molecule has 1 saturated heterocycles. The number of amides is 1. The second-order valence-electron chi connectivity index (χ2n) is 8.32. The molecular formula is C24H26N4O3. The van der Waals surface area contributed by atoms with E-state index >= 15 is 0 Å². The monoisotopic (exact) mass is 418 g/mol. The molecule has 3 heterocycles. The topological polar surface area (TPSA) is 82.2 Å². The highest BCUT2D eigenvalue weighted by molar-refractivity contribution is 6.46. The van der Waals surface area contributed by atoms with E-state index in [1.165, 1.54) is 4.90 Å². The Morgan fingerprint density at radius 2 is 1.81 bits per heavy atom. The lowest BCUT2D eigenvalue weighted by molar-refractivity contribution is -0.857. The highest BCUT2D eigenvalue weighted by atomic mass is 16.3. The highest BCUT2D eigenvalue weighted by Crippen LogP contribution is 2.38. The van der Waals surface area contributed by atoms with Crippen LogP contribution in [0.4, 0.5) is 0 Å². The van der Waals surface area contributed by atoms with E-state index in [0.29, 0.717) is 30.1 Å². The number of nitrogens with one attached hydrogen (secondary N) is 1. The molecule has 160 valence electrons. The molecule has 31 heavy (non-hydrogen) atoms. The van der Waals surface area contributed by atoms with E-state index in [-0.39, 0.29) is 5.57 Å². The molecule has 3 aromatic rings. The summed E-state index contributed by atoms with van der Waals surface area (Å²) >= 11 is 0. The summed E-state index contributed by atoms with van der Waals surface area (Å²) in [7, 11) is 3.97. The molecule has 0 radical (unpaired) electrons. The van der Waals surface area contributed by atoms with Crippen LogP contribution in [0.1, 0.15) is 28.6 Å². The van der Waals surface area contributed by atoms with Crippen molar-refractivity contribution in [2.75, 3.05) is 27.2 Å². The van der Waals surface area contributed by atoms with Crippen molar-refractivity contribution in [2.24, 2.45) is 0 Å². The van der Waals surface area contributed by atoms with E-state index in [9.17, 15) is 14.7 Å². The van der Waals surface area contributed by atoms with Gasteiger partial charge in [-0.1, -0.05) is 41.7 Å². The molecule has 4 rings (SSSR count). The van der Waals surface area contributed by atoms with Crippen molar-refractivity contribution in [3.05, 3.63) is 76.7 Å². The van der Waals surface area contributed by atoms with Crippen molar-refractivity contribution < 1.29 is 19.6 Å². The van der Waals surface area contributed by atoms with Crippen molar-refractivity contribution in [3.8, 4) is 0 Å². The maximum atomic E-state index is 13.7. The van der Waals surface area contributed by atoms with Gasteiger partial charge in [-0.15, -0.1) is 0 Å². The van der Waals surface area contributed by atoms with Gasteiger partial charge >= 0.3 is 0 Å². The Hall–Kier alpha value is -3.45. The molecule has 1 atom stereocenters. The molecule has 0 saturated carbocycles. The van der Waals surface area contributed by atoms with Gasteiger partial charge in [0.15, 0.2) is 0 Å². The Morgan fingerprint density at radius 1 is 1.10 bits per heavy atom. The van der Waals surface area contributed by atoms with Crippen LogP contribution in [0.3, 0.4) is 0 Å². The molecule has 1 unspecified atom stereocenters. The number of imidazole rings is 1. The van der Waals surface area contributed by atoms with Crippen LogP contribution in [0, 0.1) is 13.8 Å². The minimum atomic E-state index is -0.727. The molecule has 1 fully saturated rings. The molecule has 0 spiro atoms. The number of ketones is 1. The fraction of sp³-hybridized carbons (Fsp3) is 0.292. The largest absolute Gasteiger partial charge is 0.871 e. The number of aromatic nitrogens is 2. The summed E-state index contributed by atoms with van der Waals surface area (Å²) < 4.78 is 1.68. The van der Waals surface area contributed by atoms with Gasteiger partial charge in [0.2, 0.25) is 5.78 Å². The first-order chi connectivity index (χ1) is 14.8. The zero-order valence-electron chi connectivity index (χ0n) is 18.2. The Morgan fingerprint density at radius 3 is 2.48 bits per heavy atom. The maximum absolute atomic E-state index is 13.7. The fourth-order valence-electron chi connectivity index (χ4n) is 4.05. The van der Waals surface area contributed by atoms with E-state index in [1.54, 1.807) is 29.7 Å². The first-order valence-corrected chi connectivity index (χ1v) is 10.4. The van der Waals surface area contributed by atoms with Crippen molar-refractivity contribution in [1.82, 2.24) is 14.3 Å². The first kappa shape index (κ1) is 20.8. The van der Waals surface area contributed by atoms with Gasteiger partial charge in [0, 0.05) is 11.8 Å². The third kappa shape index (κ3) is 3.61. The molecule has 0 bridgehead atoms. The summed E-state index contributed by atoms with van der Waals surface area (Å²) in [5.74, 6) is -1.80. The van der Waals surface area contributed by atoms with Crippen LogP contribution in [-0.2, 0) is 9.59 Å². The van der Waals surface area contributed by atoms with Crippen molar-refractivity contribution in [2.45, 2.75) is 19.9 Å². The van der Waals surface area contributed by atoms with Crippen molar-refractivity contribution >= 4 is 23.1 Å². The summed E-state index contributed by atoms with van der Waals surface area (Å²) in [4.78, 5) is 33.2. The molecule has 1 aliphatic rings. The summed E-state index contributed by atoms with van der Waals surface area (Å²) in [6.07, 6.45) is 1.75. The van der Waals surface area contributed by atoms with Gasteiger partial charge in [-0.3, -0.25) is 9.59 Å². The number of aryl methyl sites for hydroxylation is 2. The summed E-state index contributed by atoms with van der Waals surface area (Å²) in [6, 6.07) is 12.4. The molecule has 7 heteroatoms. The SMILES string of the molecule is Cc1ccc(C2/C(=C(\[O-])c3c(C)nc4ccccn34)C(=O)C(=O)N2CC[NH+](C)C)cc1. The number of hydrogen-bond donors (Lipinski definition) is 1. The number of carbonyl (C=O) groups excluding carboxylic acids is 2. The third-order valence-corrected chi connectivity index (χ3v) is 5.69. The van der Waals surface area contributed by atoms with E-state index in [2.05, 4.69) is 4.98 Å². The standard InChI is InChI=1S/C24H26N4O3/c1-15-8-10-17(11-9-15)21-19(23(30)24(31)28(21)14-13-26(3)4)22(29)20-16(2)25-18-7-5-6-12-27(18)20/h5-12,21,29H,13-14H2,1-4H3/b22-19+. The fourth-order valence-corrected chi connectivity index (χ4v) is 4.05. The molecule has 1 aliphatic heterocycles. The Balaban J connectivity index is 1.92. The summed E-state index contributed by atoms with van der Waals surface area (Å²) in [6.45, 7) is 4.77. The minimum absolute atomic E-state index is 0.00337. The van der Waals surface area contributed by atoms with Gasteiger partial charge in [-0.05, 0) is 31.5 Å². The van der Waals surface area contributed by atoms with Crippen LogP contribution >= 0.6 is 0 Å². The zero-order valence-corrected chi connectivity index (χ0v) is 18.2. The average Bonchev–Trinajstić information content (AvgIpc) is 3.20. The number of carbonyl (C=O) groups is 2. The molecule has 1 amide bonds. The van der Waals surface area contributed by atoms with Crippen molar-refractivity contribution in [1.29, 1.82) is 0 Å². The normalized spacial score (nSPS) is 18.5. The lowest BCUT2D eigenvalue weighted by Gasteiger charge is -2.27. The van der Waals surface area contributed by atoms with Crippen LogP contribution < -0.4 is 10.0 Å². The third-order valence-electron chi connectivity index (χ3n) is 5.69. The summed E-state index contributed by atoms with van der Waals surface area (Å²) in [5.41, 5.74) is 3.30. The lowest BCUT2D eigenvalue weighted by atomic mass is 9.95. The van der Waals surface area contributed by atoms with E-state index in [4.69, 9.17) is 0 Å². The minimum Gasteiger partial charge on any atom is -0.871 e. The number of likely N-dealkylation sites (N-methyl/N-ethyl adjacent to an activating group) is 1. The Kier molecular flexibility index (Phi) is 5.37. The lowest BCUT2D eigenvalue weighted by Crippen LogP contribution is -3.06. The van der Waals surface area contributed by atoms with Gasteiger partial charge in [-0.2, -0.15) is 0 Å². The van der Waals surface area contributed by atoms with Gasteiger partial charge in [0.25, 0.3) is 5.91 Å². The van der Waals surface area contributed by atoms with Crippen LogP contribution in [0.25, 0.3) is 11.4 Å². The number of quaternary nitrogens is 1. The van der Waals surface area contributed by atoms with Gasteiger partial charge in [0.1, 0.15) is 5.65 Å². The number of fused-ring (bicyclic) bond motifs is 1. The number of benzene rings is 1. The second kappa shape index (κ2) is 8.00. The van der Waals surface area contributed by atoms with Crippen molar-refractivity contribution in [3.63, 3.8) is 0 Å². The summed E-state index contributed by atoms with van der Waals surface area (Å²) in [5, 5.41) is 13.7. The number of nitrogens with zero attached hydrogens (tertiary/aromatic N) is 3. The number of pyridine rings is 1. The average molecular weight is 418 g/mol. The van der Waals surface area contributed by atoms with Gasteiger partial charge in [0.05, 0.1) is 44.6 Å². The first-order valence-electron chi connectivity index (χ1n) is 10.4. The van der Waals surface area contributed by atoms with E-state index < -0.39 is 23.5 Å². The maximum Gasteiger partial charge on any atom is 0.295 e. The van der Waals surface area contributed by atoms with E-state index in [1.807, 2.05) is 51.4 Å². The number of hydrogen-bond acceptors (Lipinski definition) is 4. The molecule has 2 aromatic heterocycles. The molecule has 0 aliphatic carbocycles. The van der Waals surface area contributed by atoms with Crippen LogP contribution in [0.2, 0.25) is 0 Å². The van der Waals surface area contributed by atoms with Crippen LogP contribution in [0.15, 0.2) is 54.2 Å². The zero-order chi connectivity index (χ0) is 22.3. The van der Waals surface area contributed by atoms with Crippen LogP contribution in [0.5, 0.6) is 0 Å². The van der Waals surface area contributed by atoms with Gasteiger partial charge < -0.3 is 19.3 Å². The predicted octanol–water partition coefficient (Wildman–Crippen LogP) is 0.320. The highest BCUT2D eigenvalue weighted by Gasteiger charge is 2.44. The predicted molar refractivity (Wildman–Crippen MR) is 115 cm³/mol. The Bertz CT molecular complexity index is 1190. The number of rotatable bonds is 5. The Labute approximate surface area is 181 Å². The second-order valence-corrected chi connectivity index (χ2v) is 8.32. The molecule has 1 aromatic carbocycles. The van der Waals surface area contributed by atoms with Gasteiger partial charge in [-0.25, -0.2) is 4.98 Å². The molecule has 1 N–H and O–H groups in total. The van der Waals surface area contributed by atoms with Crippen LogP contribution in [-0.4, -0.2) is 53.2 Å².